The summed E-state index contributed by atoms with van der Waals surface area (Å²) < 4.78 is 5.59. The summed E-state index contributed by atoms with van der Waals surface area (Å²) in [6, 6.07) is 7.71. The number of rotatable bonds is 4. The van der Waals surface area contributed by atoms with E-state index in [9.17, 15) is 9.59 Å². The normalized spacial score (nSPS) is 21.5. The van der Waals surface area contributed by atoms with E-state index >= 15 is 0 Å². The number of benzene rings is 1. The van der Waals surface area contributed by atoms with Crippen molar-refractivity contribution in [2.45, 2.75) is 39.5 Å². The molecule has 5 heteroatoms. The van der Waals surface area contributed by atoms with Crippen LogP contribution in [0.2, 0.25) is 0 Å². The van der Waals surface area contributed by atoms with E-state index in [4.69, 9.17) is 4.74 Å². The average molecular weight is 358 g/mol. The van der Waals surface area contributed by atoms with Gasteiger partial charge in [-0.05, 0) is 50.7 Å². The fourth-order valence-corrected chi connectivity index (χ4v) is 3.89. The minimum Gasteiger partial charge on any atom is -0.484 e. The van der Waals surface area contributed by atoms with Crippen molar-refractivity contribution in [3.63, 3.8) is 0 Å². The van der Waals surface area contributed by atoms with Gasteiger partial charge in [-0.15, -0.1) is 0 Å². The van der Waals surface area contributed by atoms with E-state index < -0.39 is 0 Å². The molecule has 2 fully saturated rings. The molecule has 26 heavy (non-hydrogen) atoms. The molecule has 2 aliphatic heterocycles. The molecule has 1 aromatic rings. The van der Waals surface area contributed by atoms with Crippen LogP contribution in [0.4, 0.5) is 0 Å². The minimum absolute atomic E-state index is 0.00284. The first kappa shape index (κ1) is 18.7. The zero-order valence-corrected chi connectivity index (χ0v) is 15.9. The second-order valence-corrected chi connectivity index (χ2v) is 7.79. The molecule has 142 valence electrons. The minimum atomic E-state index is 0.00284. The number of likely N-dealkylation sites (tertiary alicyclic amines) is 2. The van der Waals surface area contributed by atoms with Crippen molar-refractivity contribution in [1.29, 1.82) is 0 Å². The Hall–Kier alpha value is -2.04. The maximum Gasteiger partial charge on any atom is 0.260 e. The zero-order chi connectivity index (χ0) is 18.5. The molecule has 0 aliphatic carbocycles. The SMILES string of the molecule is Cc1ccc(OCC(=O)N2CCC(C(=O)N3CCCC(C)C3)CC2)cc1. The molecule has 2 saturated heterocycles. The molecule has 1 aromatic carbocycles. The average Bonchev–Trinajstić information content (AvgIpc) is 2.67. The van der Waals surface area contributed by atoms with Crippen LogP contribution in [-0.4, -0.2) is 54.4 Å². The predicted octanol–water partition coefficient (Wildman–Crippen LogP) is 2.87. The number of carbonyl (C=O) groups is 2. The van der Waals surface area contributed by atoms with Gasteiger partial charge in [-0.3, -0.25) is 9.59 Å². The third-order valence-electron chi connectivity index (χ3n) is 5.55. The van der Waals surface area contributed by atoms with Crippen molar-refractivity contribution in [3.8, 4) is 5.75 Å². The zero-order valence-electron chi connectivity index (χ0n) is 15.9. The summed E-state index contributed by atoms with van der Waals surface area (Å²) in [7, 11) is 0. The summed E-state index contributed by atoms with van der Waals surface area (Å²) in [5, 5.41) is 0. The van der Waals surface area contributed by atoms with Gasteiger partial charge in [0.25, 0.3) is 5.91 Å². The Morgan fingerprint density at radius 1 is 1.04 bits per heavy atom. The first-order valence-electron chi connectivity index (χ1n) is 9.79. The van der Waals surface area contributed by atoms with Gasteiger partial charge in [0, 0.05) is 32.1 Å². The van der Waals surface area contributed by atoms with Crippen molar-refractivity contribution < 1.29 is 14.3 Å². The van der Waals surface area contributed by atoms with Gasteiger partial charge in [0.15, 0.2) is 6.61 Å². The largest absolute Gasteiger partial charge is 0.484 e. The van der Waals surface area contributed by atoms with Crippen molar-refractivity contribution >= 4 is 11.8 Å². The van der Waals surface area contributed by atoms with E-state index in [0.717, 1.165) is 32.4 Å². The number of aryl methyl sites for hydroxylation is 1. The van der Waals surface area contributed by atoms with E-state index in [2.05, 4.69) is 6.92 Å². The van der Waals surface area contributed by atoms with Gasteiger partial charge in [-0.2, -0.15) is 0 Å². The highest BCUT2D eigenvalue weighted by molar-refractivity contribution is 5.80. The third-order valence-corrected chi connectivity index (χ3v) is 5.55. The van der Waals surface area contributed by atoms with Crippen LogP contribution in [0.1, 0.15) is 38.2 Å². The van der Waals surface area contributed by atoms with E-state index in [0.29, 0.717) is 30.7 Å². The number of piperidine rings is 2. The standard InChI is InChI=1S/C21H30N2O3/c1-16-5-7-19(8-6-16)26-15-20(24)22-12-9-18(10-13-22)21(25)23-11-3-4-17(2)14-23/h5-8,17-18H,3-4,9-15H2,1-2H3. The second kappa shape index (κ2) is 8.56. The van der Waals surface area contributed by atoms with Gasteiger partial charge in [-0.1, -0.05) is 24.6 Å². The van der Waals surface area contributed by atoms with Crippen LogP contribution in [0.3, 0.4) is 0 Å². The van der Waals surface area contributed by atoms with Crippen LogP contribution in [0, 0.1) is 18.8 Å². The van der Waals surface area contributed by atoms with Crippen LogP contribution in [-0.2, 0) is 9.59 Å². The van der Waals surface area contributed by atoms with Crippen LogP contribution in [0.15, 0.2) is 24.3 Å². The fraction of sp³-hybridized carbons (Fsp3) is 0.619. The lowest BCUT2D eigenvalue weighted by molar-refractivity contribution is -0.142. The topological polar surface area (TPSA) is 49.9 Å². The number of carbonyl (C=O) groups excluding carboxylic acids is 2. The van der Waals surface area contributed by atoms with Gasteiger partial charge in [0.05, 0.1) is 0 Å². The Morgan fingerprint density at radius 2 is 1.73 bits per heavy atom. The van der Waals surface area contributed by atoms with Crippen molar-refractivity contribution in [2.75, 3.05) is 32.8 Å². The number of hydrogen-bond donors (Lipinski definition) is 0. The highest BCUT2D eigenvalue weighted by atomic mass is 16.5. The van der Waals surface area contributed by atoms with Crippen LogP contribution in [0.5, 0.6) is 5.75 Å². The van der Waals surface area contributed by atoms with Crippen molar-refractivity contribution in [3.05, 3.63) is 29.8 Å². The van der Waals surface area contributed by atoms with Crippen LogP contribution < -0.4 is 4.74 Å². The molecule has 0 saturated carbocycles. The Balaban J connectivity index is 1.43. The fourth-order valence-electron chi connectivity index (χ4n) is 3.89. The first-order valence-corrected chi connectivity index (χ1v) is 9.79. The van der Waals surface area contributed by atoms with Gasteiger partial charge in [0.1, 0.15) is 5.75 Å². The highest BCUT2D eigenvalue weighted by Crippen LogP contribution is 2.23. The molecule has 2 amide bonds. The van der Waals surface area contributed by atoms with Crippen molar-refractivity contribution in [2.24, 2.45) is 11.8 Å². The summed E-state index contributed by atoms with van der Waals surface area (Å²) in [5.74, 6) is 1.69. The quantitative estimate of drug-likeness (QED) is 0.832. The lowest BCUT2D eigenvalue weighted by atomic mass is 9.93. The number of hydrogen-bond acceptors (Lipinski definition) is 3. The van der Waals surface area contributed by atoms with E-state index in [1.807, 2.05) is 41.0 Å². The molecular formula is C21H30N2O3. The van der Waals surface area contributed by atoms with E-state index in [1.54, 1.807) is 0 Å². The summed E-state index contributed by atoms with van der Waals surface area (Å²) in [5.41, 5.74) is 1.17. The number of amides is 2. The summed E-state index contributed by atoms with van der Waals surface area (Å²) in [6.45, 7) is 7.38. The lowest BCUT2D eigenvalue weighted by Crippen LogP contribution is -2.47. The maximum absolute atomic E-state index is 12.7. The van der Waals surface area contributed by atoms with Crippen LogP contribution in [0.25, 0.3) is 0 Å². The molecule has 2 aliphatic rings. The van der Waals surface area contributed by atoms with Gasteiger partial charge in [0.2, 0.25) is 5.91 Å². The van der Waals surface area contributed by atoms with Gasteiger partial charge in [-0.25, -0.2) is 0 Å². The summed E-state index contributed by atoms with van der Waals surface area (Å²) in [6.07, 6.45) is 3.86. The molecule has 0 bridgehead atoms. The third kappa shape index (κ3) is 4.77. The second-order valence-electron chi connectivity index (χ2n) is 7.79. The lowest BCUT2D eigenvalue weighted by Gasteiger charge is -2.37. The Labute approximate surface area is 156 Å². The first-order chi connectivity index (χ1) is 12.5. The maximum atomic E-state index is 12.7. The molecule has 0 radical (unpaired) electrons. The molecule has 5 nitrogen and oxygen atoms in total. The number of nitrogens with zero attached hydrogens (tertiary/aromatic N) is 2. The molecule has 0 spiro atoms. The van der Waals surface area contributed by atoms with Gasteiger partial charge < -0.3 is 14.5 Å². The molecule has 1 atom stereocenters. The van der Waals surface area contributed by atoms with Crippen molar-refractivity contribution in [1.82, 2.24) is 9.80 Å². The summed E-state index contributed by atoms with van der Waals surface area (Å²) in [4.78, 5) is 28.9. The molecule has 0 aromatic heterocycles. The molecule has 3 rings (SSSR count). The Kier molecular flexibility index (Phi) is 6.17. The van der Waals surface area contributed by atoms with Crippen LogP contribution >= 0.6 is 0 Å². The van der Waals surface area contributed by atoms with E-state index in [1.165, 1.54) is 12.0 Å². The predicted molar refractivity (Wildman–Crippen MR) is 101 cm³/mol. The summed E-state index contributed by atoms with van der Waals surface area (Å²) >= 11 is 0. The molecule has 0 N–H and O–H groups in total. The Morgan fingerprint density at radius 3 is 2.38 bits per heavy atom. The number of ether oxygens (including phenoxy) is 1. The van der Waals surface area contributed by atoms with E-state index in [-0.39, 0.29) is 18.4 Å². The molecular weight excluding hydrogens is 328 g/mol. The highest BCUT2D eigenvalue weighted by Gasteiger charge is 2.31. The molecule has 2 heterocycles. The monoisotopic (exact) mass is 358 g/mol. The smallest absolute Gasteiger partial charge is 0.260 e. The molecule has 1 unspecified atom stereocenters. The Bertz CT molecular complexity index is 621. The van der Waals surface area contributed by atoms with Gasteiger partial charge >= 0.3 is 0 Å².